The molecule has 6 aromatic rings. The van der Waals surface area contributed by atoms with Gasteiger partial charge in [0.05, 0.1) is 35.8 Å². The van der Waals surface area contributed by atoms with Gasteiger partial charge < -0.3 is 59.4 Å². The fourth-order valence-corrected chi connectivity index (χ4v) is 4.97. The van der Waals surface area contributed by atoms with E-state index in [4.69, 9.17) is 0 Å². The van der Waals surface area contributed by atoms with Gasteiger partial charge in [0.25, 0.3) is 0 Å². The maximum absolute atomic E-state index is 10.8. The summed E-state index contributed by atoms with van der Waals surface area (Å²) < 4.78 is 0. The SMILES string of the molecule is O=C([O-])c1ccc(C(=O)[O-])c2ccccc12.O=C([O-])c1ccc(C(=O)[O-])c2ccccc12.O=C([O-])c1ccc(C(=O)[O-])c2ccccc12.[Ru+3].[Ru+3]. The Hall–Kier alpha value is -5.83. The van der Waals surface area contributed by atoms with Crippen molar-refractivity contribution in [1.29, 1.82) is 0 Å². The number of rotatable bonds is 6. The van der Waals surface area contributed by atoms with Crippen molar-refractivity contribution >= 4 is 68.1 Å². The number of benzene rings is 6. The molecule has 2 radical (unpaired) electrons. The van der Waals surface area contributed by atoms with E-state index in [1.165, 1.54) is 72.8 Å². The summed E-state index contributed by atoms with van der Waals surface area (Å²) >= 11 is 0. The van der Waals surface area contributed by atoms with Crippen LogP contribution >= 0.6 is 0 Å². The normalized spacial score (nSPS) is 9.84. The molecule has 0 aliphatic carbocycles. The monoisotopic (exact) mass is 846 g/mol. The molecule has 0 N–H and O–H groups in total. The van der Waals surface area contributed by atoms with Gasteiger partial charge in [-0.25, -0.2) is 0 Å². The smallest absolute Gasteiger partial charge is 0.545 e. The molecule has 0 saturated carbocycles. The number of hydrogen-bond acceptors (Lipinski definition) is 12. The first kappa shape index (κ1) is 40.3. The van der Waals surface area contributed by atoms with Gasteiger partial charge in [-0.2, -0.15) is 0 Å². The van der Waals surface area contributed by atoms with Crippen molar-refractivity contribution < 1.29 is 98.4 Å². The van der Waals surface area contributed by atoms with E-state index < -0.39 is 35.8 Å². The van der Waals surface area contributed by atoms with Crippen molar-refractivity contribution in [3.8, 4) is 0 Å². The number of carbonyl (C=O) groups is 6. The van der Waals surface area contributed by atoms with E-state index in [1.54, 1.807) is 36.4 Å². The van der Waals surface area contributed by atoms with Crippen molar-refractivity contribution in [2.45, 2.75) is 0 Å². The van der Waals surface area contributed by atoms with Crippen LogP contribution in [0.2, 0.25) is 0 Å². The fourth-order valence-electron chi connectivity index (χ4n) is 4.97. The number of carboxylic acid groups (broad SMARTS) is 6. The Kier molecular flexibility index (Phi) is 14.1. The Bertz CT molecular complexity index is 1870. The molecular weight excluding hydrogens is 827 g/mol. The minimum atomic E-state index is -1.33. The molecule has 250 valence electrons. The zero-order valence-electron chi connectivity index (χ0n) is 25.0. The zero-order chi connectivity index (χ0) is 35.1. The average molecular weight is 845 g/mol. The van der Waals surface area contributed by atoms with Crippen molar-refractivity contribution in [2.75, 3.05) is 0 Å². The van der Waals surface area contributed by atoms with Crippen LogP contribution in [0.1, 0.15) is 62.1 Å². The Morgan fingerprint density at radius 1 is 0.260 bits per heavy atom. The predicted molar refractivity (Wildman–Crippen MR) is 158 cm³/mol. The summed E-state index contributed by atoms with van der Waals surface area (Å²) in [5.41, 5.74) is -0.163. The molecule has 0 bridgehead atoms. The molecule has 14 heteroatoms. The quantitative estimate of drug-likeness (QED) is 0.178. The number of hydrogen-bond donors (Lipinski definition) is 0. The molecule has 50 heavy (non-hydrogen) atoms. The van der Waals surface area contributed by atoms with E-state index in [1.807, 2.05) is 0 Å². The predicted octanol–water partition coefficient (Wildman–Crippen LogP) is -1.30. The Balaban J connectivity index is 0.000000255. The first-order valence-corrected chi connectivity index (χ1v) is 13.7. The Morgan fingerprint density at radius 2 is 0.380 bits per heavy atom. The van der Waals surface area contributed by atoms with Crippen LogP contribution in [-0.4, -0.2) is 35.8 Å². The topological polar surface area (TPSA) is 241 Å². The summed E-state index contributed by atoms with van der Waals surface area (Å²) in [5, 5.41) is 67.0. The molecule has 0 heterocycles. The van der Waals surface area contributed by atoms with Crippen LogP contribution in [0.25, 0.3) is 32.3 Å². The van der Waals surface area contributed by atoms with E-state index in [-0.39, 0.29) is 72.3 Å². The van der Waals surface area contributed by atoms with Crippen molar-refractivity contribution in [3.63, 3.8) is 0 Å². The van der Waals surface area contributed by atoms with Crippen LogP contribution in [0.5, 0.6) is 0 Å². The van der Waals surface area contributed by atoms with Gasteiger partial charge in [0.1, 0.15) is 0 Å². The maximum atomic E-state index is 10.8. The molecule has 0 aliphatic rings. The maximum Gasteiger partial charge on any atom is 3.00 e. The third-order valence-electron chi connectivity index (χ3n) is 7.09. The van der Waals surface area contributed by atoms with Crippen LogP contribution in [0.4, 0.5) is 0 Å². The third kappa shape index (κ3) is 8.79. The second-order valence-corrected chi connectivity index (χ2v) is 9.84. The zero-order valence-corrected chi connectivity index (χ0v) is 28.5. The van der Waals surface area contributed by atoms with Crippen LogP contribution in [0, 0.1) is 0 Å². The molecule has 6 aromatic carbocycles. The van der Waals surface area contributed by atoms with E-state index in [2.05, 4.69) is 0 Å². The number of carbonyl (C=O) groups excluding carboxylic acids is 6. The molecule has 6 rings (SSSR count). The molecule has 0 atom stereocenters. The van der Waals surface area contributed by atoms with E-state index in [0.29, 0.717) is 32.3 Å². The van der Waals surface area contributed by atoms with Gasteiger partial charge in [0.15, 0.2) is 0 Å². The summed E-state index contributed by atoms with van der Waals surface area (Å²) in [4.78, 5) is 64.9. The first-order valence-electron chi connectivity index (χ1n) is 13.7. The molecule has 0 fully saturated rings. The number of fused-ring (bicyclic) bond motifs is 3. The second-order valence-electron chi connectivity index (χ2n) is 9.84. The number of carboxylic acids is 6. The standard InChI is InChI=1S/3C12H8O4.2Ru/c3*13-11(14)9-5-6-10(12(15)16)8-4-2-1-3-7(8)9;;/h3*1-6H,(H,13,14)(H,15,16);;/q;;;2*+3/p-6. The first-order chi connectivity index (χ1) is 22.8. The molecular formula is C36H18O12Ru2. The second kappa shape index (κ2) is 17.5. The molecule has 0 aromatic heterocycles. The van der Waals surface area contributed by atoms with E-state index >= 15 is 0 Å². The van der Waals surface area contributed by atoms with Gasteiger partial charge in [-0.1, -0.05) is 109 Å². The third-order valence-corrected chi connectivity index (χ3v) is 7.09. The molecule has 0 spiro atoms. The summed E-state index contributed by atoms with van der Waals surface area (Å²) in [6.07, 6.45) is 0. The summed E-state index contributed by atoms with van der Waals surface area (Å²) in [5.74, 6) is -7.99. The molecule has 0 saturated heterocycles. The molecule has 0 aliphatic heterocycles. The largest absolute Gasteiger partial charge is 3.00 e. The summed E-state index contributed by atoms with van der Waals surface area (Å²) in [7, 11) is 0. The van der Waals surface area contributed by atoms with Crippen molar-refractivity contribution in [1.82, 2.24) is 0 Å². The summed E-state index contributed by atoms with van der Waals surface area (Å²) in [6.45, 7) is 0. The minimum absolute atomic E-state index is 0. The van der Waals surface area contributed by atoms with E-state index in [9.17, 15) is 59.4 Å². The van der Waals surface area contributed by atoms with Crippen LogP contribution in [-0.2, 0) is 39.0 Å². The summed E-state index contributed by atoms with van der Waals surface area (Å²) in [6, 6.07) is 26.3. The van der Waals surface area contributed by atoms with E-state index in [0.717, 1.165) is 0 Å². The Morgan fingerprint density at radius 3 is 0.480 bits per heavy atom. The van der Waals surface area contributed by atoms with Gasteiger partial charge >= 0.3 is 39.0 Å². The van der Waals surface area contributed by atoms with Crippen molar-refractivity contribution in [2.24, 2.45) is 0 Å². The number of aromatic carboxylic acids is 6. The molecule has 0 unspecified atom stereocenters. The van der Waals surface area contributed by atoms with Crippen LogP contribution in [0.3, 0.4) is 0 Å². The van der Waals surface area contributed by atoms with Gasteiger partial charge in [0.2, 0.25) is 0 Å². The van der Waals surface area contributed by atoms with Gasteiger partial charge in [-0.05, 0) is 32.3 Å². The molecule has 12 nitrogen and oxygen atoms in total. The van der Waals surface area contributed by atoms with Crippen LogP contribution in [0.15, 0.2) is 109 Å². The molecule has 0 amide bonds. The van der Waals surface area contributed by atoms with Gasteiger partial charge in [-0.3, -0.25) is 0 Å². The van der Waals surface area contributed by atoms with Crippen LogP contribution < -0.4 is 30.6 Å². The van der Waals surface area contributed by atoms with Crippen molar-refractivity contribution in [3.05, 3.63) is 143 Å². The van der Waals surface area contributed by atoms with Gasteiger partial charge in [0, 0.05) is 33.4 Å². The Labute approximate surface area is 307 Å². The van der Waals surface area contributed by atoms with Gasteiger partial charge in [-0.15, -0.1) is 0 Å². The fraction of sp³-hybridized carbons (Fsp3) is 0. The minimum Gasteiger partial charge on any atom is -0.545 e. The average Bonchev–Trinajstić information content (AvgIpc) is 3.06.